The third-order valence-corrected chi connectivity index (χ3v) is 4.67. The Labute approximate surface area is 149 Å². The molecule has 0 aliphatic heterocycles. The molecule has 0 atom stereocenters. The Balaban J connectivity index is 1.91. The third-order valence-electron chi connectivity index (χ3n) is 4.67. The predicted octanol–water partition coefficient (Wildman–Crippen LogP) is 3.21. The molecule has 1 aliphatic rings. The Morgan fingerprint density at radius 3 is 2.40 bits per heavy atom. The topological polar surface area (TPSA) is 67.9 Å². The zero-order chi connectivity index (χ0) is 18.2. The van der Waals surface area contributed by atoms with E-state index < -0.39 is 0 Å². The molecule has 6 nitrogen and oxygen atoms in total. The fourth-order valence-electron chi connectivity index (χ4n) is 3.35. The van der Waals surface area contributed by atoms with Crippen molar-refractivity contribution in [2.45, 2.75) is 51.5 Å². The van der Waals surface area contributed by atoms with Crippen LogP contribution in [0.4, 0.5) is 5.69 Å². The highest BCUT2D eigenvalue weighted by atomic mass is 16.5. The van der Waals surface area contributed by atoms with E-state index in [0.29, 0.717) is 23.7 Å². The summed E-state index contributed by atoms with van der Waals surface area (Å²) in [6, 6.07) is 5.52. The molecule has 2 rings (SSSR count). The van der Waals surface area contributed by atoms with E-state index in [1.165, 1.54) is 6.42 Å². The van der Waals surface area contributed by atoms with Crippen LogP contribution in [0.3, 0.4) is 0 Å². The van der Waals surface area contributed by atoms with E-state index >= 15 is 0 Å². The van der Waals surface area contributed by atoms with Crippen molar-refractivity contribution < 1.29 is 19.1 Å². The minimum Gasteiger partial charge on any atom is -0.493 e. The van der Waals surface area contributed by atoms with Crippen molar-refractivity contribution in [1.82, 2.24) is 4.90 Å². The molecule has 0 aromatic heterocycles. The summed E-state index contributed by atoms with van der Waals surface area (Å²) in [5.74, 6) is 1.11. The first-order valence-electron chi connectivity index (χ1n) is 8.84. The average molecular weight is 348 g/mol. The molecule has 1 fully saturated rings. The van der Waals surface area contributed by atoms with Gasteiger partial charge in [0.05, 0.1) is 14.2 Å². The fourth-order valence-corrected chi connectivity index (χ4v) is 3.35. The van der Waals surface area contributed by atoms with Gasteiger partial charge in [-0.15, -0.1) is 0 Å². The van der Waals surface area contributed by atoms with E-state index in [1.54, 1.807) is 39.3 Å². The fraction of sp³-hybridized carbons (Fsp3) is 0.579. The molecule has 25 heavy (non-hydrogen) atoms. The second kappa shape index (κ2) is 9.30. The molecule has 1 aromatic carbocycles. The van der Waals surface area contributed by atoms with Crippen LogP contribution in [0, 0.1) is 0 Å². The average Bonchev–Trinajstić information content (AvgIpc) is 2.62. The Morgan fingerprint density at radius 2 is 1.80 bits per heavy atom. The molecule has 2 amide bonds. The number of hydrogen-bond donors (Lipinski definition) is 1. The van der Waals surface area contributed by atoms with Crippen molar-refractivity contribution in [3.63, 3.8) is 0 Å². The Kier molecular flexibility index (Phi) is 7.10. The third kappa shape index (κ3) is 5.37. The molecular formula is C19H28N2O4. The minimum absolute atomic E-state index is 0.0471. The number of carbonyl (C=O) groups excluding carboxylic acids is 2. The molecular weight excluding hydrogens is 320 g/mol. The lowest BCUT2D eigenvalue weighted by molar-refractivity contribution is -0.132. The van der Waals surface area contributed by atoms with E-state index in [1.807, 2.05) is 4.90 Å². The second-order valence-electron chi connectivity index (χ2n) is 6.37. The molecule has 6 heteroatoms. The number of methoxy groups -OCH3 is 2. The number of carbonyl (C=O) groups is 2. The van der Waals surface area contributed by atoms with E-state index in [4.69, 9.17) is 9.47 Å². The van der Waals surface area contributed by atoms with Crippen molar-refractivity contribution in [3.8, 4) is 11.5 Å². The maximum absolute atomic E-state index is 12.3. The van der Waals surface area contributed by atoms with Crippen molar-refractivity contribution in [2.24, 2.45) is 0 Å². The van der Waals surface area contributed by atoms with E-state index in [2.05, 4.69) is 5.32 Å². The van der Waals surface area contributed by atoms with Crippen LogP contribution in [-0.2, 0) is 9.59 Å². The first-order valence-corrected chi connectivity index (χ1v) is 8.84. The van der Waals surface area contributed by atoms with Gasteiger partial charge in [0.15, 0.2) is 11.5 Å². The Hall–Kier alpha value is -2.24. The maximum atomic E-state index is 12.3. The van der Waals surface area contributed by atoms with Crippen LogP contribution in [0.15, 0.2) is 18.2 Å². The Morgan fingerprint density at radius 1 is 1.12 bits per heavy atom. The summed E-state index contributed by atoms with van der Waals surface area (Å²) >= 11 is 0. The van der Waals surface area contributed by atoms with Crippen LogP contribution in [0.25, 0.3) is 0 Å². The lowest BCUT2D eigenvalue weighted by Gasteiger charge is -2.33. The molecule has 0 spiro atoms. The molecule has 1 saturated carbocycles. The van der Waals surface area contributed by atoms with Gasteiger partial charge in [0.25, 0.3) is 0 Å². The standard InChI is InChI=1S/C19H28N2O4/c1-14(22)21(16-7-5-4-6-8-16)12-11-19(23)20-15-9-10-17(24-2)18(13-15)25-3/h9-10,13,16H,4-8,11-12H2,1-3H3,(H,20,23). The summed E-state index contributed by atoms with van der Waals surface area (Å²) in [5, 5.41) is 2.85. The van der Waals surface area contributed by atoms with Crippen LogP contribution in [-0.4, -0.2) is 43.5 Å². The van der Waals surface area contributed by atoms with Crippen molar-refractivity contribution in [2.75, 3.05) is 26.1 Å². The van der Waals surface area contributed by atoms with Gasteiger partial charge in [-0.1, -0.05) is 19.3 Å². The van der Waals surface area contributed by atoms with Crippen molar-refractivity contribution in [1.29, 1.82) is 0 Å². The van der Waals surface area contributed by atoms with Gasteiger partial charge < -0.3 is 19.7 Å². The number of anilines is 1. The predicted molar refractivity (Wildman–Crippen MR) is 97.1 cm³/mol. The molecule has 1 N–H and O–H groups in total. The SMILES string of the molecule is COc1ccc(NC(=O)CCN(C(C)=O)C2CCCCC2)cc1OC. The van der Waals surface area contributed by atoms with Crippen LogP contribution in [0.5, 0.6) is 11.5 Å². The van der Waals surface area contributed by atoms with Crippen LogP contribution >= 0.6 is 0 Å². The molecule has 1 aliphatic carbocycles. The lowest BCUT2D eigenvalue weighted by atomic mass is 9.94. The van der Waals surface area contributed by atoms with E-state index in [-0.39, 0.29) is 24.3 Å². The number of benzene rings is 1. The van der Waals surface area contributed by atoms with Gasteiger partial charge >= 0.3 is 0 Å². The van der Waals surface area contributed by atoms with Gasteiger partial charge in [-0.2, -0.15) is 0 Å². The molecule has 0 heterocycles. The van der Waals surface area contributed by atoms with Crippen molar-refractivity contribution >= 4 is 17.5 Å². The zero-order valence-corrected chi connectivity index (χ0v) is 15.3. The first-order chi connectivity index (χ1) is 12.0. The smallest absolute Gasteiger partial charge is 0.226 e. The quantitative estimate of drug-likeness (QED) is 0.821. The van der Waals surface area contributed by atoms with Crippen molar-refractivity contribution in [3.05, 3.63) is 18.2 Å². The normalized spacial score (nSPS) is 14.7. The number of nitrogens with zero attached hydrogens (tertiary/aromatic N) is 1. The summed E-state index contributed by atoms with van der Waals surface area (Å²) in [6.45, 7) is 2.04. The van der Waals surface area contributed by atoms with Gasteiger partial charge in [-0.3, -0.25) is 9.59 Å². The number of ether oxygens (including phenoxy) is 2. The summed E-state index contributed by atoms with van der Waals surface area (Å²) in [7, 11) is 3.12. The zero-order valence-electron chi connectivity index (χ0n) is 15.3. The highest BCUT2D eigenvalue weighted by molar-refractivity contribution is 5.91. The second-order valence-corrected chi connectivity index (χ2v) is 6.37. The van der Waals surface area contributed by atoms with Gasteiger partial charge in [0.2, 0.25) is 11.8 Å². The highest BCUT2D eigenvalue weighted by Crippen LogP contribution is 2.29. The maximum Gasteiger partial charge on any atom is 0.226 e. The van der Waals surface area contributed by atoms with Gasteiger partial charge in [-0.05, 0) is 25.0 Å². The number of amides is 2. The number of rotatable bonds is 7. The first kappa shape index (κ1) is 19.1. The van der Waals surface area contributed by atoms with Crippen LogP contribution in [0.2, 0.25) is 0 Å². The lowest BCUT2D eigenvalue weighted by Crippen LogP contribution is -2.41. The van der Waals surface area contributed by atoms with Gasteiger partial charge in [-0.25, -0.2) is 0 Å². The molecule has 0 bridgehead atoms. The largest absolute Gasteiger partial charge is 0.493 e. The number of hydrogen-bond acceptors (Lipinski definition) is 4. The van der Waals surface area contributed by atoms with E-state index in [0.717, 1.165) is 25.7 Å². The van der Waals surface area contributed by atoms with Gasteiger partial charge in [0, 0.05) is 37.7 Å². The number of nitrogens with one attached hydrogen (secondary N) is 1. The minimum atomic E-state index is -0.116. The monoisotopic (exact) mass is 348 g/mol. The molecule has 0 radical (unpaired) electrons. The molecule has 1 aromatic rings. The van der Waals surface area contributed by atoms with E-state index in [9.17, 15) is 9.59 Å². The molecule has 0 saturated heterocycles. The summed E-state index contributed by atoms with van der Waals surface area (Å²) < 4.78 is 10.4. The highest BCUT2D eigenvalue weighted by Gasteiger charge is 2.23. The molecule has 138 valence electrons. The summed E-state index contributed by atoms with van der Waals surface area (Å²) in [6.07, 6.45) is 5.92. The molecule has 0 unspecified atom stereocenters. The Bertz CT molecular complexity index is 597. The summed E-state index contributed by atoms with van der Waals surface area (Å²) in [4.78, 5) is 26.0. The van der Waals surface area contributed by atoms with Gasteiger partial charge in [0.1, 0.15) is 0 Å². The van der Waals surface area contributed by atoms with Crippen LogP contribution in [0.1, 0.15) is 45.4 Å². The summed E-state index contributed by atoms with van der Waals surface area (Å²) in [5.41, 5.74) is 0.648. The van der Waals surface area contributed by atoms with Crippen LogP contribution < -0.4 is 14.8 Å².